The van der Waals surface area contributed by atoms with Gasteiger partial charge in [-0.1, -0.05) is 35.3 Å². The Hall–Kier alpha value is -3.27. The molecule has 9 nitrogen and oxygen atoms in total. The quantitative estimate of drug-likeness (QED) is 0.412. The molecule has 0 radical (unpaired) electrons. The van der Waals surface area contributed by atoms with Gasteiger partial charge in [0.25, 0.3) is 5.56 Å². The third-order valence-corrected chi connectivity index (χ3v) is 6.46. The molecule has 1 heterocycles. The fraction of sp³-hybridized carbons (Fsp3) is 0.320. The molecule has 192 valence electrons. The van der Waals surface area contributed by atoms with Gasteiger partial charge in [0.1, 0.15) is 17.1 Å². The number of aromatic nitrogens is 2. The molecule has 3 aromatic rings. The first-order chi connectivity index (χ1) is 17.1. The van der Waals surface area contributed by atoms with Gasteiger partial charge in [-0.15, -0.1) is 0 Å². The van der Waals surface area contributed by atoms with Crippen LogP contribution in [0.3, 0.4) is 0 Å². The summed E-state index contributed by atoms with van der Waals surface area (Å²) in [6.45, 7) is 0.155. The molecule has 2 aromatic carbocycles. The fourth-order valence-electron chi connectivity index (χ4n) is 3.83. The Morgan fingerprint density at radius 2 is 1.58 bits per heavy atom. The largest absolute Gasteiger partial charge is 0.495 e. The number of aliphatic hydroxyl groups is 1. The molecule has 0 aliphatic heterocycles. The predicted molar refractivity (Wildman–Crippen MR) is 137 cm³/mol. The van der Waals surface area contributed by atoms with Gasteiger partial charge >= 0.3 is 5.69 Å². The van der Waals surface area contributed by atoms with Crippen LogP contribution in [0, 0.1) is 0 Å². The van der Waals surface area contributed by atoms with Crippen molar-refractivity contribution in [3.8, 4) is 11.5 Å². The standard InChI is InChI=1S/C25H27Cl2N3O6/c1-29(23(32)5-4-11-30-12-10-22(31)28-24(30)33)15-25(34,16-6-8-18(26)20(13-16)35-2)17-7-9-19(27)21(14-17)36-3/h6-10,12-14,34H,4-5,11,15H2,1-3H3,(H,28,31,33). The number of halogens is 2. The fourth-order valence-corrected chi connectivity index (χ4v) is 4.22. The first kappa shape index (κ1) is 27.3. The second-order valence-corrected chi connectivity index (χ2v) is 9.03. The molecule has 0 saturated carbocycles. The molecule has 0 aliphatic carbocycles. The highest BCUT2D eigenvalue weighted by Gasteiger charge is 2.35. The number of nitrogens with one attached hydrogen (secondary N) is 1. The zero-order chi connectivity index (χ0) is 26.5. The van der Waals surface area contributed by atoms with Gasteiger partial charge in [0.15, 0.2) is 0 Å². The van der Waals surface area contributed by atoms with E-state index in [0.717, 1.165) is 0 Å². The van der Waals surface area contributed by atoms with Crippen molar-refractivity contribution in [2.75, 3.05) is 27.8 Å². The summed E-state index contributed by atoms with van der Waals surface area (Å²) in [5.41, 5.74) is -1.77. The molecule has 0 saturated heterocycles. The van der Waals surface area contributed by atoms with Crippen molar-refractivity contribution in [1.29, 1.82) is 0 Å². The van der Waals surface area contributed by atoms with Crippen LogP contribution in [0.15, 0.2) is 58.3 Å². The summed E-state index contributed by atoms with van der Waals surface area (Å²) >= 11 is 12.4. The summed E-state index contributed by atoms with van der Waals surface area (Å²) < 4.78 is 12.0. The summed E-state index contributed by atoms with van der Waals surface area (Å²) in [4.78, 5) is 39.6. The number of carbonyl (C=O) groups is 1. The van der Waals surface area contributed by atoms with Crippen LogP contribution < -0.4 is 20.7 Å². The van der Waals surface area contributed by atoms with E-state index in [1.165, 1.54) is 35.9 Å². The van der Waals surface area contributed by atoms with Gasteiger partial charge < -0.3 is 24.0 Å². The smallest absolute Gasteiger partial charge is 0.328 e. The van der Waals surface area contributed by atoms with Crippen LogP contribution in [-0.4, -0.2) is 53.3 Å². The number of hydrogen-bond donors (Lipinski definition) is 2. The summed E-state index contributed by atoms with van der Waals surface area (Å²) in [6.07, 6.45) is 1.86. The predicted octanol–water partition coefficient (Wildman–Crippen LogP) is 3.04. The van der Waals surface area contributed by atoms with E-state index in [-0.39, 0.29) is 25.4 Å². The van der Waals surface area contributed by atoms with Gasteiger partial charge in [-0.05, 0) is 41.8 Å². The van der Waals surface area contributed by atoms with Gasteiger partial charge in [-0.3, -0.25) is 14.6 Å². The Morgan fingerprint density at radius 1 is 1.03 bits per heavy atom. The Balaban J connectivity index is 1.86. The number of likely N-dealkylation sites (N-methyl/N-ethyl adjacent to an activating group) is 1. The van der Waals surface area contributed by atoms with E-state index in [4.69, 9.17) is 32.7 Å². The van der Waals surface area contributed by atoms with E-state index in [9.17, 15) is 19.5 Å². The average molecular weight is 536 g/mol. The summed E-state index contributed by atoms with van der Waals surface area (Å²) in [6, 6.07) is 11.0. The van der Waals surface area contributed by atoms with E-state index in [1.54, 1.807) is 43.4 Å². The zero-order valence-electron chi connectivity index (χ0n) is 20.1. The number of carbonyl (C=O) groups excluding carboxylic acids is 1. The lowest BCUT2D eigenvalue weighted by atomic mass is 9.85. The Kier molecular flexibility index (Phi) is 8.84. The second-order valence-electron chi connectivity index (χ2n) is 8.22. The summed E-state index contributed by atoms with van der Waals surface area (Å²) in [5.74, 6) is 0.496. The number of aryl methyl sites for hydroxylation is 1. The number of aromatic amines is 1. The Bertz CT molecular complexity index is 1300. The molecule has 0 spiro atoms. The SMILES string of the molecule is COc1cc(C(O)(CN(C)C(=O)CCCn2ccc(=O)[nH]c2=O)c2ccc(Cl)c(OC)c2)ccc1Cl. The molecule has 2 N–H and O–H groups in total. The molecule has 0 bridgehead atoms. The van der Waals surface area contributed by atoms with E-state index >= 15 is 0 Å². The van der Waals surface area contributed by atoms with Crippen LogP contribution in [0.1, 0.15) is 24.0 Å². The lowest BCUT2D eigenvalue weighted by Gasteiger charge is -2.34. The minimum Gasteiger partial charge on any atom is -0.495 e. The van der Waals surface area contributed by atoms with Crippen LogP contribution in [0.5, 0.6) is 11.5 Å². The maximum atomic E-state index is 12.9. The monoisotopic (exact) mass is 535 g/mol. The van der Waals surface area contributed by atoms with Crippen LogP contribution >= 0.6 is 23.2 Å². The normalized spacial score (nSPS) is 11.3. The van der Waals surface area contributed by atoms with Gasteiger partial charge in [-0.25, -0.2) is 4.79 Å². The van der Waals surface area contributed by atoms with Gasteiger partial charge in [0.05, 0.1) is 30.8 Å². The van der Waals surface area contributed by atoms with E-state index in [2.05, 4.69) is 4.98 Å². The van der Waals surface area contributed by atoms with Crippen LogP contribution in [0.2, 0.25) is 10.0 Å². The molecule has 1 aromatic heterocycles. The average Bonchev–Trinajstić information content (AvgIpc) is 2.85. The number of benzene rings is 2. The first-order valence-electron chi connectivity index (χ1n) is 11.0. The van der Waals surface area contributed by atoms with E-state index in [1.807, 2.05) is 0 Å². The highest BCUT2D eigenvalue weighted by molar-refractivity contribution is 6.32. The molecule has 0 unspecified atom stereocenters. The third kappa shape index (κ3) is 6.10. The summed E-state index contributed by atoms with van der Waals surface area (Å²) in [7, 11) is 4.53. The maximum Gasteiger partial charge on any atom is 0.328 e. The van der Waals surface area contributed by atoms with Crippen LogP contribution in [0.4, 0.5) is 0 Å². The molecule has 36 heavy (non-hydrogen) atoms. The van der Waals surface area contributed by atoms with Crippen molar-refractivity contribution in [2.24, 2.45) is 0 Å². The number of hydrogen-bond acceptors (Lipinski definition) is 6. The van der Waals surface area contributed by atoms with Crippen molar-refractivity contribution in [3.63, 3.8) is 0 Å². The lowest BCUT2D eigenvalue weighted by Crippen LogP contribution is -2.43. The van der Waals surface area contributed by atoms with E-state index < -0.39 is 16.9 Å². The summed E-state index contributed by atoms with van der Waals surface area (Å²) in [5, 5.41) is 12.7. The molecule has 3 rings (SSSR count). The van der Waals surface area contributed by atoms with Crippen LogP contribution in [0.25, 0.3) is 0 Å². The first-order valence-corrected chi connectivity index (χ1v) is 11.8. The van der Waals surface area contributed by atoms with Crippen molar-refractivity contribution in [3.05, 3.63) is 90.7 Å². The molecular weight excluding hydrogens is 509 g/mol. The number of rotatable bonds is 10. The Morgan fingerprint density at radius 3 is 2.08 bits per heavy atom. The minimum absolute atomic E-state index is 0.0972. The number of amides is 1. The Labute approximate surface area is 217 Å². The number of nitrogens with zero attached hydrogens (tertiary/aromatic N) is 2. The van der Waals surface area contributed by atoms with Gasteiger partial charge in [0.2, 0.25) is 5.91 Å². The minimum atomic E-state index is -1.66. The van der Waals surface area contributed by atoms with Crippen molar-refractivity contribution >= 4 is 29.1 Å². The zero-order valence-corrected chi connectivity index (χ0v) is 21.6. The highest BCUT2D eigenvalue weighted by atomic mass is 35.5. The van der Waals surface area contributed by atoms with E-state index in [0.29, 0.717) is 39.1 Å². The molecule has 0 fully saturated rings. The molecule has 11 heteroatoms. The van der Waals surface area contributed by atoms with Gasteiger partial charge in [0, 0.05) is 32.3 Å². The highest BCUT2D eigenvalue weighted by Crippen LogP contribution is 2.38. The van der Waals surface area contributed by atoms with Crippen molar-refractivity contribution in [1.82, 2.24) is 14.5 Å². The molecule has 0 aliphatic rings. The topological polar surface area (TPSA) is 114 Å². The van der Waals surface area contributed by atoms with Gasteiger partial charge in [-0.2, -0.15) is 0 Å². The van der Waals surface area contributed by atoms with Crippen molar-refractivity contribution < 1.29 is 19.4 Å². The lowest BCUT2D eigenvalue weighted by molar-refractivity contribution is -0.132. The second kappa shape index (κ2) is 11.6. The number of H-pyrrole nitrogens is 1. The third-order valence-electron chi connectivity index (χ3n) is 5.84. The van der Waals surface area contributed by atoms with Crippen LogP contribution in [-0.2, 0) is 16.9 Å². The van der Waals surface area contributed by atoms with Crippen molar-refractivity contribution in [2.45, 2.75) is 25.0 Å². The molecule has 0 atom stereocenters. The number of methoxy groups -OCH3 is 2. The molecular formula is C25H27Cl2N3O6. The number of ether oxygens (including phenoxy) is 2. The molecule has 1 amide bonds. The maximum absolute atomic E-state index is 12.9.